The average Bonchev–Trinajstić information content (AvgIpc) is 2.96. The molecule has 1 saturated heterocycles. The third-order valence-electron chi connectivity index (χ3n) is 4.61. The number of rotatable bonds is 11. The highest BCUT2D eigenvalue weighted by Gasteiger charge is 2.21. The maximum absolute atomic E-state index is 7.43. The summed E-state index contributed by atoms with van der Waals surface area (Å²) in [4.78, 5) is 4.46. The zero-order valence-electron chi connectivity index (χ0n) is 15.3. The normalized spacial score (nSPS) is 19.3. The molecule has 1 fully saturated rings. The number of nitriles is 1. The standard InChI is InChI=1S/C17H35N.C2N3/c1-3-4-5-6-7-8-9-10-11-12-14-18-15-13-17(2)16-18;3-1-5-2-4/h17H,3-16H2,1-2H3;/q;-1/p+1. The summed E-state index contributed by atoms with van der Waals surface area (Å²) >= 11 is 0. The molecule has 4 heteroatoms. The van der Waals surface area contributed by atoms with Crippen molar-refractivity contribution in [3.05, 3.63) is 5.41 Å². The van der Waals surface area contributed by atoms with Crippen LogP contribution in [0.25, 0.3) is 5.41 Å². The lowest BCUT2D eigenvalue weighted by Gasteiger charge is -2.12. The zero-order valence-corrected chi connectivity index (χ0v) is 15.3. The summed E-state index contributed by atoms with van der Waals surface area (Å²) in [7, 11) is 0. The predicted molar refractivity (Wildman–Crippen MR) is 97.6 cm³/mol. The molecule has 0 aromatic rings. The van der Waals surface area contributed by atoms with E-state index in [2.05, 4.69) is 18.8 Å². The summed E-state index contributed by atoms with van der Waals surface area (Å²) in [6.45, 7) is 9.03. The first kappa shape index (κ1) is 21.8. The van der Waals surface area contributed by atoms with Gasteiger partial charge >= 0.3 is 0 Å². The van der Waals surface area contributed by atoms with Crippen LogP contribution in [0.15, 0.2) is 4.99 Å². The Kier molecular flexibility index (Phi) is 16.3. The van der Waals surface area contributed by atoms with E-state index in [-0.39, 0.29) is 0 Å². The van der Waals surface area contributed by atoms with Gasteiger partial charge in [0.2, 0.25) is 0 Å². The number of quaternary nitrogens is 1. The van der Waals surface area contributed by atoms with Crippen LogP contribution in [0.1, 0.15) is 84.5 Å². The van der Waals surface area contributed by atoms with E-state index in [1.165, 1.54) is 102 Å². The zero-order chi connectivity index (χ0) is 17.2. The molecular formula is C19H36N4. The monoisotopic (exact) mass is 320 g/mol. The lowest BCUT2D eigenvalue weighted by Crippen LogP contribution is -3.10. The van der Waals surface area contributed by atoms with E-state index in [0.717, 1.165) is 5.92 Å². The largest absolute Gasteiger partial charge is 0.422 e. The van der Waals surface area contributed by atoms with Gasteiger partial charge in [-0.1, -0.05) is 65.2 Å². The van der Waals surface area contributed by atoms with Crippen LogP contribution >= 0.6 is 0 Å². The van der Waals surface area contributed by atoms with Crippen molar-refractivity contribution in [2.24, 2.45) is 10.9 Å². The number of nitrogens with one attached hydrogen (secondary N) is 1. The van der Waals surface area contributed by atoms with E-state index in [1.54, 1.807) is 0 Å². The molecule has 2 atom stereocenters. The fourth-order valence-electron chi connectivity index (χ4n) is 3.26. The molecule has 4 nitrogen and oxygen atoms in total. The van der Waals surface area contributed by atoms with Crippen molar-refractivity contribution < 1.29 is 4.90 Å². The molecule has 1 heterocycles. The van der Waals surface area contributed by atoms with Crippen LogP contribution in [-0.2, 0) is 0 Å². The molecule has 1 aliphatic rings. The fourth-order valence-corrected chi connectivity index (χ4v) is 3.26. The van der Waals surface area contributed by atoms with Crippen molar-refractivity contribution in [3.8, 4) is 6.19 Å². The minimum atomic E-state index is 0.989. The van der Waals surface area contributed by atoms with Gasteiger partial charge in [0.05, 0.1) is 25.8 Å². The van der Waals surface area contributed by atoms with Gasteiger partial charge in [-0.25, -0.2) is 0 Å². The Balaban J connectivity index is 0.000000841. The summed E-state index contributed by atoms with van der Waals surface area (Å²) in [6.07, 6.45) is 17.4. The fraction of sp³-hybridized carbons (Fsp3) is 0.895. The molecule has 1 rings (SSSR count). The first-order chi connectivity index (χ1) is 11.2. The molecule has 0 aliphatic carbocycles. The van der Waals surface area contributed by atoms with Gasteiger partial charge in [-0.3, -0.25) is 0 Å². The summed E-state index contributed by atoms with van der Waals surface area (Å²) < 4.78 is 0. The number of likely N-dealkylation sites (tertiary alicyclic amines) is 1. The first-order valence-electron chi connectivity index (χ1n) is 9.56. The molecule has 0 aromatic heterocycles. The van der Waals surface area contributed by atoms with Crippen molar-refractivity contribution in [2.45, 2.75) is 84.5 Å². The van der Waals surface area contributed by atoms with Crippen molar-refractivity contribution >= 4 is 6.01 Å². The summed E-state index contributed by atoms with van der Waals surface area (Å²) in [5, 5.41) is 14.9. The minimum absolute atomic E-state index is 0.989. The molecule has 0 aromatic carbocycles. The third kappa shape index (κ3) is 15.5. The minimum Gasteiger partial charge on any atom is -0.422 e. The van der Waals surface area contributed by atoms with Gasteiger partial charge < -0.3 is 15.3 Å². The van der Waals surface area contributed by atoms with Crippen molar-refractivity contribution in [1.82, 2.24) is 0 Å². The molecular weight excluding hydrogens is 284 g/mol. The maximum atomic E-state index is 7.43. The number of unbranched alkanes of at least 4 members (excludes halogenated alkanes) is 9. The molecule has 132 valence electrons. The van der Waals surface area contributed by atoms with Crippen molar-refractivity contribution in [3.63, 3.8) is 0 Å². The number of nitrogens with zero attached hydrogens (tertiary/aromatic N) is 3. The number of aliphatic imine (C=N–C) groups is 1. The molecule has 0 bridgehead atoms. The van der Waals surface area contributed by atoms with Crippen molar-refractivity contribution in [2.75, 3.05) is 19.6 Å². The van der Waals surface area contributed by atoms with Gasteiger partial charge in [-0.05, 0) is 12.8 Å². The van der Waals surface area contributed by atoms with Crippen LogP contribution < -0.4 is 4.90 Å². The highest BCUT2D eigenvalue weighted by molar-refractivity contribution is 5.46. The van der Waals surface area contributed by atoms with Crippen LogP contribution in [0.2, 0.25) is 0 Å². The summed E-state index contributed by atoms with van der Waals surface area (Å²) in [5.41, 5.74) is 0. The van der Waals surface area contributed by atoms with Gasteiger partial charge in [0.15, 0.2) is 0 Å². The quantitative estimate of drug-likeness (QED) is 0.348. The first-order valence-corrected chi connectivity index (χ1v) is 9.56. The summed E-state index contributed by atoms with van der Waals surface area (Å²) in [6, 6.07) is 1.28. The Morgan fingerprint density at radius 3 is 2.00 bits per heavy atom. The van der Waals surface area contributed by atoms with E-state index in [9.17, 15) is 0 Å². The van der Waals surface area contributed by atoms with Crippen molar-refractivity contribution in [1.29, 1.82) is 5.26 Å². The topological polar surface area (TPSA) is 62.9 Å². The van der Waals surface area contributed by atoms with Gasteiger partial charge in [-0.15, -0.1) is 6.01 Å². The van der Waals surface area contributed by atoms with E-state index >= 15 is 0 Å². The smallest absolute Gasteiger partial charge is 0.0925 e. The molecule has 1 aliphatic heterocycles. The second kappa shape index (κ2) is 17.2. The second-order valence-electron chi connectivity index (χ2n) is 6.84. The SMILES string of the molecule is CCCCCCCCCCCC[NH+]1CCC(C)C1.N#CN=C=[N-]. The van der Waals surface area contributed by atoms with E-state index in [1.807, 2.05) is 4.90 Å². The van der Waals surface area contributed by atoms with Gasteiger partial charge in [0, 0.05) is 12.3 Å². The second-order valence-corrected chi connectivity index (χ2v) is 6.84. The van der Waals surface area contributed by atoms with E-state index < -0.39 is 0 Å². The lowest BCUT2D eigenvalue weighted by molar-refractivity contribution is -0.889. The van der Waals surface area contributed by atoms with E-state index in [4.69, 9.17) is 10.7 Å². The van der Waals surface area contributed by atoms with Crippen LogP contribution in [0.4, 0.5) is 0 Å². The van der Waals surface area contributed by atoms with Gasteiger partial charge in [0.25, 0.3) is 0 Å². The van der Waals surface area contributed by atoms with Crippen LogP contribution in [0.3, 0.4) is 0 Å². The molecule has 0 amide bonds. The highest BCUT2D eigenvalue weighted by atomic mass is 15.1. The van der Waals surface area contributed by atoms with Gasteiger partial charge in [-0.2, -0.15) is 5.26 Å². The summed E-state index contributed by atoms with van der Waals surface area (Å²) in [5.74, 6) is 0.989. The molecule has 0 spiro atoms. The van der Waals surface area contributed by atoms with Crippen LogP contribution in [0, 0.1) is 17.4 Å². The van der Waals surface area contributed by atoms with Crippen LogP contribution in [0.5, 0.6) is 0 Å². The Labute approximate surface area is 143 Å². The third-order valence-corrected chi connectivity index (χ3v) is 4.61. The number of hydrogen-bond acceptors (Lipinski definition) is 2. The lowest BCUT2D eigenvalue weighted by atomic mass is 10.1. The van der Waals surface area contributed by atoms with E-state index in [0.29, 0.717) is 0 Å². The molecule has 0 radical (unpaired) electrons. The van der Waals surface area contributed by atoms with Gasteiger partial charge in [0.1, 0.15) is 0 Å². The Bertz CT molecular complexity index is 342. The number of hydrogen-bond donors (Lipinski definition) is 1. The van der Waals surface area contributed by atoms with Crippen LogP contribution in [-0.4, -0.2) is 25.6 Å². The Morgan fingerprint density at radius 1 is 1.04 bits per heavy atom. The average molecular weight is 321 g/mol. The maximum Gasteiger partial charge on any atom is 0.0925 e. The Hall–Kier alpha value is -1.17. The highest BCUT2D eigenvalue weighted by Crippen LogP contribution is 2.10. The molecule has 2 unspecified atom stereocenters. The molecule has 0 saturated carbocycles. The molecule has 1 N–H and O–H groups in total. The predicted octanol–water partition coefficient (Wildman–Crippen LogP) is 4.04. The molecule has 23 heavy (non-hydrogen) atoms. The Morgan fingerprint density at radius 2 is 1.61 bits per heavy atom.